The van der Waals surface area contributed by atoms with Gasteiger partial charge in [0, 0.05) is 47.2 Å². The number of rotatable bonds is 6. The zero-order valence-electron chi connectivity index (χ0n) is 19.2. The number of nitro benzene ring substituents is 2. The first-order valence-corrected chi connectivity index (χ1v) is 11.4. The van der Waals surface area contributed by atoms with Crippen LogP contribution in [-0.4, -0.2) is 33.1 Å². The van der Waals surface area contributed by atoms with Crippen LogP contribution in [0.4, 0.5) is 11.4 Å². The maximum atomic E-state index is 12.5. The lowest BCUT2D eigenvalue weighted by molar-refractivity contribution is -0.385. The molecule has 2 aromatic carbocycles. The van der Waals surface area contributed by atoms with Crippen molar-refractivity contribution < 1.29 is 19.4 Å². The summed E-state index contributed by atoms with van der Waals surface area (Å²) >= 11 is 0. The van der Waals surface area contributed by atoms with E-state index >= 15 is 0 Å². The summed E-state index contributed by atoms with van der Waals surface area (Å²) in [7, 11) is 0. The lowest BCUT2D eigenvalue weighted by atomic mass is 9.74. The molecule has 0 aliphatic heterocycles. The second-order valence-corrected chi connectivity index (χ2v) is 8.90. The molecule has 0 radical (unpaired) electrons. The van der Waals surface area contributed by atoms with Gasteiger partial charge in [-0.3, -0.25) is 29.8 Å². The number of non-ortho nitro benzene ring substituents is 2. The molecule has 4 atom stereocenters. The number of allylic oxidation sites excluding steroid dienone is 4. The zero-order chi connectivity index (χ0) is 26.1. The van der Waals surface area contributed by atoms with E-state index in [-0.39, 0.29) is 46.2 Å². The third-order valence-corrected chi connectivity index (χ3v) is 6.82. The molecule has 0 saturated heterocycles. The molecule has 2 amide bonds. The van der Waals surface area contributed by atoms with Gasteiger partial charge in [-0.1, -0.05) is 12.2 Å². The van der Waals surface area contributed by atoms with Crippen LogP contribution in [0.5, 0.6) is 0 Å². The lowest BCUT2D eigenvalue weighted by Gasteiger charge is -2.31. The van der Waals surface area contributed by atoms with Crippen molar-refractivity contribution in [1.82, 2.24) is 10.9 Å². The van der Waals surface area contributed by atoms with E-state index in [2.05, 4.69) is 33.2 Å². The van der Waals surface area contributed by atoms with Crippen LogP contribution in [0.3, 0.4) is 0 Å². The molecule has 0 heterocycles. The topological polar surface area (TPSA) is 169 Å². The van der Waals surface area contributed by atoms with Gasteiger partial charge in [-0.2, -0.15) is 10.2 Å². The van der Waals surface area contributed by atoms with E-state index in [0.717, 1.165) is 6.42 Å². The first kappa shape index (κ1) is 23.7. The Hall–Kier alpha value is -5.00. The van der Waals surface area contributed by atoms with Crippen LogP contribution in [0.15, 0.2) is 83.0 Å². The van der Waals surface area contributed by atoms with E-state index in [1.807, 2.05) is 0 Å². The van der Waals surface area contributed by atoms with Gasteiger partial charge in [0.2, 0.25) is 0 Å². The third kappa shape index (κ3) is 4.63. The summed E-state index contributed by atoms with van der Waals surface area (Å²) in [5.41, 5.74) is 6.70. The molecular weight excluding hydrogens is 480 g/mol. The maximum absolute atomic E-state index is 12.5. The van der Waals surface area contributed by atoms with Crippen LogP contribution >= 0.6 is 0 Å². The molecular formula is C25H20N6O6. The number of hydrazone groups is 2. The Morgan fingerprint density at radius 3 is 1.43 bits per heavy atom. The molecule has 0 unspecified atom stereocenters. The zero-order valence-corrected chi connectivity index (χ0v) is 19.2. The minimum Gasteiger partial charge on any atom is -0.267 e. The van der Waals surface area contributed by atoms with E-state index in [1.54, 1.807) is 12.2 Å². The Balaban J connectivity index is 1.32. The van der Waals surface area contributed by atoms with Crippen molar-refractivity contribution in [3.05, 3.63) is 104 Å². The number of nitro groups is 2. The number of carbonyl (C=O) groups excluding carboxylic acids is 2. The molecule has 186 valence electrons. The molecule has 12 heteroatoms. The molecule has 5 rings (SSSR count). The Labute approximate surface area is 209 Å². The molecule has 12 nitrogen and oxygen atoms in total. The fraction of sp³-hybridized carbons (Fsp3) is 0.200. The van der Waals surface area contributed by atoms with Gasteiger partial charge in [0.25, 0.3) is 23.2 Å². The largest absolute Gasteiger partial charge is 0.271 e. The first-order chi connectivity index (χ1) is 17.8. The second kappa shape index (κ2) is 9.57. The van der Waals surface area contributed by atoms with Gasteiger partial charge < -0.3 is 0 Å². The van der Waals surface area contributed by atoms with Crippen molar-refractivity contribution in [2.24, 2.45) is 33.9 Å². The van der Waals surface area contributed by atoms with Crippen molar-refractivity contribution in [3.8, 4) is 0 Å². The first-order valence-electron chi connectivity index (χ1n) is 11.4. The fourth-order valence-electron chi connectivity index (χ4n) is 5.07. The number of fused-ring (bicyclic) bond motifs is 5. The predicted molar refractivity (Wildman–Crippen MR) is 133 cm³/mol. The van der Waals surface area contributed by atoms with E-state index in [1.165, 1.54) is 48.5 Å². The van der Waals surface area contributed by atoms with Crippen LogP contribution in [0.2, 0.25) is 0 Å². The van der Waals surface area contributed by atoms with Gasteiger partial charge >= 0.3 is 0 Å². The lowest BCUT2D eigenvalue weighted by Crippen LogP contribution is -2.37. The molecule has 37 heavy (non-hydrogen) atoms. The highest BCUT2D eigenvalue weighted by Gasteiger charge is 2.49. The molecule has 1 saturated carbocycles. The number of carbonyl (C=O) groups is 2. The van der Waals surface area contributed by atoms with Gasteiger partial charge in [-0.15, -0.1) is 0 Å². The highest BCUT2D eigenvalue weighted by molar-refractivity contribution is 6.13. The average molecular weight is 500 g/mol. The highest BCUT2D eigenvalue weighted by atomic mass is 16.6. The summed E-state index contributed by atoms with van der Waals surface area (Å²) in [5, 5.41) is 30.3. The monoisotopic (exact) mass is 500 g/mol. The Morgan fingerprint density at radius 2 is 1.08 bits per heavy atom. The average Bonchev–Trinajstić information content (AvgIpc) is 3.54. The van der Waals surface area contributed by atoms with Crippen molar-refractivity contribution in [3.63, 3.8) is 0 Å². The van der Waals surface area contributed by atoms with Crippen LogP contribution in [0, 0.1) is 43.9 Å². The quantitative estimate of drug-likeness (QED) is 0.350. The molecule has 3 aliphatic rings. The van der Waals surface area contributed by atoms with Crippen LogP contribution in [0.1, 0.15) is 27.1 Å². The van der Waals surface area contributed by atoms with Gasteiger partial charge in [0.1, 0.15) is 0 Å². The molecule has 2 N–H and O–H groups in total. The Bertz CT molecular complexity index is 1300. The summed E-state index contributed by atoms with van der Waals surface area (Å²) in [6.45, 7) is 0. The summed E-state index contributed by atoms with van der Waals surface area (Å²) < 4.78 is 0. The Morgan fingerprint density at radius 1 is 0.703 bits per heavy atom. The number of benzene rings is 2. The van der Waals surface area contributed by atoms with Gasteiger partial charge in [0.05, 0.1) is 21.3 Å². The molecule has 2 aromatic rings. The highest BCUT2D eigenvalue weighted by Crippen LogP contribution is 2.50. The number of hydrogen-bond donors (Lipinski definition) is 2. The second-order valence-electron chi connectivity index (χ2n) is 8.90. The van der Waals surface area contributed by atoms with E-state index in [4.69, 9.17) is 0 Å². The number of hydrogen-bond acceptors (Lipinski definition) is 8. The minimum atomic E-state index is -0.537. The third-order valence-electron chi connectivity index (χ3n) is 6.82. The SMILES string of the molecule is O=C(N/N=C1C=C/C(=N/NC(=O)c2ccc([N+](=O)[O-])cc2)[C@H]2[C@@H]/1[C@H]1C=C[C@H]2C1)c1ccc([N+](=O)[O-])cc1. The number of nitrogens with zero attached hydrogens (tertiary/aromatic N) is 4. The molecule has 1 fully saturated rings. The minimum absolute atomic E-state index is 0.0350. The molecule has 0 aromatic heterocycles. The van der Waals surface area contributed by atoms with Crippen molar-refractivity contribution >= 4 is 34.6 Å². The van der Waals surface area contributed by atoms with Crippen LogP contribution in [0.25, 0.3) is 0 Å². The van der Waals surface area contributed by atoms with Crippen LogP contribution < -0.4 is 10.9 Å². The summed E-state index contributed by atoms with van der Waals surface area (Å²) in [5.74, 6) is -0.614. The Kier molecular flexibility index (Phi) is 6.14. The summed E-state index contributed by atoms with van der Waals surface area (Å²) in [6, 6.07) is 10.5. The van der Waals surface area contributed by atoms with E-state index < -0.39 is 21.7 Å². The van der Waals surface area contributed by atoms with Crippen molar-refractivity contribution in [2.45, 2.75) is 6.42 Å². The summed E-state index contributed by atoms with van der Waals surface area (Å²) in [6.07, 6.45) is 8.67. The van der Waals surface area contributed by atoms with E-state index in [0.29, 0.717) is 11.4 Å². The normalized spacial score (nSPS) is 25.2. The van der Waals surface area contributed by atoms with Crippen LogP contribution in [-0.2, 0) is 0 Å². The number of amides is 2. The smallest absolute Gasteiger partial charge is 0.267 e. The predicted octanol–water partition coefficient (Wildman–Crippen LogP) is 3.38. The van der Waals surface area contributed by atoms with Gasteiger partial charge in [-0.25, -0.2) is 10.9 Å². The van der Waals surface area contributed by atoms with Crippen molar-refractivity contribution in [2.75, 3.05) is 0 Å². The number of nitrogens with one attached hydrogen (secondary N) is 2. The molecule has 3 aliphatic carbocycles. The van der Waals surface area contributed by atoms with Crippen molar-refractivity contribution in [1.29, 1.82) is 0 Å². The summed E-state index contributed by atoms with van der Waals surface area (Å²) in [4.78, 5) is 45.6. The van der Waals surface area contributed by atoms with Gasteiger partial charge in [-0.05, 0) is 54.7 Å². The van der Waals surface area contributed by atoms with E-state index in [9.17, 15) is 29.8 Å². The molecule has 0 spiro atoms. The molecule has 2 bridgehead atoms. The van der Waals surface area contributed by atoms with Gasteiger partial charge in [0.15, 0.2) is 0 Å². The fourth-order valence-corrected chi connectivity index (χ4v) is 5.07. The standard InChI is InChI=1S/C25H20N6O6/c32-24(14-3-7-18(8-4-14)30(34)35)28-26-20-11-12-21(23-17-2-1-16(13-17)22(20)23)27-29-25(33)15-5-9-19(10-6-15)31(36)37/h1-12,16-17,22-23H,13H2,(H,28,32)(H,29,33)/b26-20-,27-21-/t16-,17-,22-,23+/m0/s1. The maximum Gasteiger partial charge on any atom is 0.271 e.